The van der Waals surface area contributed by atoms with Crippen LogP contribution in [0.15, 0.2) is 0 Å². The average Bonchev–Trinajstić information content (AvgIpc) is 2.58. The number of aryl methyl sites for hydroxylation is 1. The van der Waals surface area contributed by atoms with E-state index in [0.29, 0.717) is 12.1 Å². The summed E-state index contributed by atoms with van der Waals surface area (Å²) >= 11 is 1.32. The molecule has 1 N–H and O–H groups in total. The zero-order valence-corrected chi connectivity index (χ0v) is 11.8. The first-order valence-corrected chi connectivity index (χ1v) is 6.30. The number of nitriles is 1. The van der Waals surface area contributed by atoms with E-state index in [-0.39, 0.29) is 11.5 Å². The summed E-state index contributed by atoms with van der Waals surface area (Å²) < 4.78 is 9.62. The molecule has 0 bridgehead atoms. The highest BCUT2D eigenvalue weighted by molar-refractivity contribution is 7.10. The number of hydrogen-bond donors (Lipinski definition) is 1. The van der Waals surface area contributed by atoms with Gasteiger partial charge in [0.05, 0.1) is 11.8 Å². The topological polar surface area (TPSA) is 57.9 Å². The molecular formula is C12H19N3OS. The molecule has 0 spiro atoms. The first-order valence-electron chi connectivity index (χ1n) is 5.53. The van der Waals surface area contributed by atoms with Crippen LogP contribution in [-0.2, 0) is 4.74 Å². The Balaban J connectivity index is 2.70. The Labute approximate surface area is 107 Å². The van der Waals surface area contributed by atoms with Crippen molar-refractivity contribution in [2.24, 2.45) is 5.41 Å². The van der Waals surface area contributed by atoms with E-state index in [9.17, 15) is 0 Å². The van der Waals surface area contributed by atoms with E-state index in [1.807, 2.05) is 6.92 Å². The Bertz CT molecular complexity index is 414. The van der Waals surface area contributed by atoms with Crippen LogP contribution < -0.4 is 5.32 Å². The zero-order chi connectivity index (χ0) is 13.1. The molecule has 0 aliphatic heterocycles. The van der Waals surface area contributed by atoms with Gasteiger partial charge in [-0.2, -0.15) is 9.64 Å². The SMILES string of the molecule is COC(CNc1snc(C)c1C#N)C(C)(C)C. The van der Waals surface area contributed by atoms with Gasteiger partial charge in [-0.3, -0.25) is 0 Å². The third-order valence-corrected chi connectivity index (χ3v) is 3.57. The second-order valence-electron chi connectivity index (χ2n) is 5.06. The Morgan fingerprint density at radius 2 is 2.18 bits per heavy atom. The number of methoxy groups -OCH3 is 1. The van der Waals surface area contributed by atoms with Crippen molar-refractivity contribution in [2.45, 2.75) is 33.8 Å². The van der Waals surface area contributed by atoms with Crippen LogP contribution in [0.1, 0.15) is 32.0 Å². The van der Waals surface area contributed by atoms with Crippen LogP contribution in [0.25, 0.3) is 0 Å². The Morgan fingerprint density at radius 1 is 1.53 bits per heavy atom. The summed E-state index contributed by atoms with van der Waals surface area (Å²) in [4.78, 5) is 0. The van der Waals surface area contributed by atoms with Gasteiger partial charge in [-0.15, -0.1) is 0 Å². The molecule has 0 radical (unpaired) electrons. The molecule has 0 fully saturated rings. The van der Waals surface area contributed by atoms with Crippen LogP contribution in [0.4, 0.5) is 5.00 Å². The first kappa shape index (κ1) is 13.9. The van der Waals surface area contributed by atoms with Crippen molar-refractivity contribution in [3.8, 4) is 6.07 Å². The van der Waals surface area contributed by atoms with Crippen LogP contribution in [0.5, 0.6) is 0 Å². The lowest BCUT2D eigenvalue weighted by molar-refractivity contribution is 0.0269. The van der Waals surface area contributed by atoms with Crippen LogP contribution in [0, 0.1) is 23.7 Å². The second-order valence-corrected chi connectivity index (χ2v) is 5.83. The lowest BCUT2D eigenvalue weighted by Crippen LogP contribution is -2.34. The van der Waals surface area contributed by atoms with Crippen molar-refractivity contribution in [2.75, 3.05) is 19.0 Å². The Hall–Kier alpha value is -1.12. The molecule has 5 heteroatoms. The number of hydrogen-bond acceptors (Lipinski definition) is 5. The molecule has 1 heterocycles. The van der Waals surface area contributed by atoms with E-state index < -0.39 is 0 Å². The molecule has 0 saturated carbocycles. The van der Waals surface area contributed by atoms with Gasteiger partial charge in [-0.25, -0.2) is 0 Å². The highest BCUT2D eigenvalue weighted by Crippen LogP contribution is 2.26. The van der Waals surface area contributed by atoms with Gasteiger partial charge in [0, 0.05) is 13.7 Å². The molecule has 1 atom stereocenters. The first-order chi connectivity index (χ1) is 7.90. The zero-order valence-electron chi connectivity index (χ0n) is 11.0. The van der Waals surface area contributed by atoms with Crippen molar-refractivity contribution >= 4 is 16.5 Å². The number of anilines is 1. The maximum Gasteiger partial charge on any atom is 0.127 e. The maximum absolute atomic E-state index is 9.02. The van der Waals surface area contributed by atoms with Gasteiger partial charge < -0.3 is 10.1 Å². The van der Waals surface area contributed by atoms with E-state index in [2.05, 4.69) is 36.5 Å². The summed E-state index contributed by atoms with van der Waals surface area (Å²) in [6.45, 7) is 8.91. The highest BCUT2D eigenvalue weighted by atomic mass is 32.1. The standard InChI is InChI=1S/C12H19N3OS/c1-8-9(6-13)11(17-15-8)14-7-10(16-5)12(2,3)4/h10,14H,7H2,1-5H3. The van der Waals surface area contributed by atoms with E-state index in [0.717, 1.165) is 10.7 Å². The number of ether oxygens (including phenoxy) is 1. The molecule has 0 aromatic carbocycles. The number of rotatable bonds is 4. The third-order valence-electron chi connectivity index (χ3n) is 2.67. The molecule has 0 saturated heterocycles. The lowest BCUT2D eigenvalue weighted by atomic mass is 9.89. The van der Waals surface area contributed by atoms with Gasteiger partial charge in [0.15, 0.2) is 0 Å². The van der Waals surface area contributed by atoms with Crippen LogP contribution in [-0.4, -0.2) is 24.1 Å². The minimum absolute atomic E-state index is 0.0638. The summed E-state index contributed by atoms with van der Waals surface area (Å²) in [5.74, 6) is 0. The summed E-state index contributed by atoms with van der Waals surface area (Å²) in [6, 6.07) is 2.17. The van der Waals surface area contributed by atoms with Crippen molar-refractivity contribution in [1.82, 2.24) is 4.37 Å². The summed E-state index contributed by atoms with van der Waals surface area (Å²) in [5.41, 5.74) is 1.48. The molecule has 17 heavy (non-hydrogen) atoms. The maximum atomic E-state index is 9.02. The van der Waals surface area contributed by atoms with Crippen molar-refractivity contribution in [1.29, 1.82) is 5.26 Å². The monoisotopic (exact) mass is 253 g/mol. The van der Waals surface area contributed by atoms with Crippen LogP contribution in [0.2, 0.25) is 0 Å². The van der Waals surface area contributed by atoms with E-state index >= 15 is 0 Å². The number of nitrogens with zero attached hydrogens (tertiary/aromatic N) is 2. The van der Waals surface area contributed by atoms with Crippen molar-refractivity contribution in [3.63, 3.8) is 0 Å². The number of aromatic nitrogens is 1. The third kappa shape index (κ3) is 3.42. The van der Waals surface area contributed by atoms with Gasteiger partial charge in [0.25, 0.3) is 0 Å². The Morgan fingerprint density at radius 3 is 2.65 bits per heavy atom. The van der Waals surface area contributed by atoms with Crippen LogP contribution in [0.3, 0.4) is 0 Å². The molecule has 1 aromatic heterocycles. The minimum atomic E-state index is 0.0638. The molecule has 0 aliphatic carbocycles. The largest absolute Gasteiger partial charge is 0.379 e. The highest BCUT2D eigenvalue weighted by Gasteiger charge is 2.24. The quantitative estimate of drug-likeness (QED) is 0.896. The fourth-order valence-corrected chi connectivity index (χ4v) is 2.30. The predicted octanol–water partition coefficient (Wildman–Crippen LogP) is 2.80. The van der Waals surface area contributed by atoms with Crippen LogP contribution >= 0.6 is 11.5 Å². The summed E-state index contributed by atoms with van der Waals surface area (Å²) in [6.07, 6.45) is 0.0939. The van der Waals surface area contributed by atoms with Gasteiger partial charge >= 0.3 is 0 Å². The predicted molar refractivity (Wildman–Crippen MR) is 70.3 cm³/mol. The fraction of sp³-hybridized carbons (Fsp3) is 0.667. The average molecular weight is 253 g/mol. The molecule has 1 rings (SSSR count). The van der Waals surface area contributed by atoms with Gasteiger partial charge in [-0.05, 0) is 23.9 Å². The van der Waals surface area contributed by atoms with Gasteiger partial charge in [0.2, 0.25) is 0 Å². The normalized spacial score (nSPS) is 13.2. The van der Waals surface area contributed by atoms with Gasteiger partial charge in [-0.1, -0.05) is 20.8 Å². The molecule has 1 aromatic rings. The Kier molecular flexibility index (Phi) is 4.49. The number of nitrogens with one attached hydrogen (secondary N) is 1. The lowest BCUT2D eigenvalue weighted by Gasteiger charge is -2.29. The van der Waals surface area contributed by atoms with E-state index in [4.69, 9.17) is 10.00 Å². The van der Waals surface area contributed by atoms with Crippen molar-refractivity contribution < 1.29 is 4.74 Å². The molecule has 4 nitrogen and oxygen atoms in total. The van der Waals surface area contributed by atoms with E-state index in [1.165, 1.54) is 11.5 Å². The van der Waals surface area contributed by atoms with E-state index in [1.54, 1.807) is 7.11 Å². The molecular weight excluding hydrogens is 234 g/mol. The summed E-state index contributed by atoms with van der Waals surface area (Å²) in [5, 5.41) is 13.1. The smallest absolute Gasteiger partial charge is 0.127 e. The van der Waals surface area contributed by atoms with Crippen molar-refractivity contribution in [3.05, 3.63) is 11.3 Å². The molecule has 94 valence electrons. The minimum Gasteiger partial charge on any atom is -0.379 e. The molecule has 0 aliphatic rings. The molecule has 0 amide bonds. The second kappa shape index (κ2) is 5.48. The summed E-state index contributed by atoms with van der Waals surface area (Å²) in [7, 11) is 1.71. The van der Waals surface area contributed by atoms with Gasteiger partial charge in [0.1, 0.15) is 16.6 Å². The molecule has 1 unspecified atom stereocenters. The fourth-order valence-electron chi connectivity index (χ4n) is 1.55.